The Bertz CT molecular complexity index is 575. The predicted molar refractivity (Wildman–Crippen MR) is 70.2 cm³/mol. The molecule has 0 bridgehead atoms. The number of halogens is 1. The van der Waals surface area contributed by atoms with Gasteiger partial charge in [-0.05, 0) is 30.4 Å². The lowest BCUT2D eigenvalue weighted by Gasteiger charge is -2.32. The minimum Gasteiger partial charge on any atom is -0.319 e. The maximum Gasteiger partial charge on any atom is 0.147 e. The van der Waals surface area contributed by atoms with Gasteiger partial charge in [0, 0.05) is 16.2 Å². The largest absolute Gasteiger partial charge is 0.319 e. The van der Waals surface area contributed by atoms with Crippen LogP contribution < -0.4 is 0 Å². The lowest BCUT2D eigenvalue weighted by Crippen LogP contribution is -2.33. The average Bonchev–Trinajstić information content (AvgIpc) is 2.36. The van der Waals surface area contributed by atoms with Gasteiger partial charge in [0.15, 0.2) is 0 Å². The Balaban J connectivity index is 2.21. The summed E-state index contributed by atoms with van der Waals surface area (Å²) in [5.41, 5.74) is 1.79. The molecule has 2 aliphatic heterocycles. The van der Waals surface area contributed by atoms with Crippen LogP contribution in [-0.4, -0.2) is 17.0 Å². The van der Waals surface area contributed by atoms with Crippen molar-refractivity contribution in [3.63, 3.8) is 0 Å². The SMILES string of the molecule is O=CC1c2cc(Br)ccc2N=C2C=CC=CN21. The molecule has 17 heavy (non-hydrogen) atoms. The highest BCUT2D eigenvalue weighted by atomic mass is 79.9. The van der Waals surface area contributed by atoms with Gasteiger partial charge in [0.25, 0.3) is 0 Å². The Morgan fingerprint density at radius 3 is 3.06 bits per heavy atom. The molecule has 1 aromatic rings. The molecule has 84 valence electrons. The summed E-state index contributed by atoms with van der Waals surface area (Å²) in [6.45, 7) is 0. The lowest BCUT2D eigenvalue weighted by atomic mass is 10.0. The highest BCUT2D eigenvalue weighted by Crippen LogP contribution is 2.36. The van der Waals surface area contributed by atoms with Gasteiger partial charge in [-0.25, -0.2) is 4.99 Å². The smallest absolute Gasteiger partial charge is 0.147 e. The van der Waals surface area contributed by atoms with E-state index < -0.39 is 0 Å². The molecule has 0 amide bonds. The molecule has 4 heteroatoms. The maximum atomic E-state index is 11.3. The van der Waals surface area contributed by atoms with Gasteiger partial charge in [0.1, 0.15) is 18.2 Å². The number of hydrogen-bond acceptors (Lipinski definition) is 3. The average molecular weight is 289 g/mol. The molecule has 0 N–H and O–H groups in total. The Morgan fingerprint density at radius 2 is 2.24 bits per heavy atom. The minimum absolute atomic E-state index is 0.295. The minimum atomic E-state index is -0.295. The van der Waals surface area contributed by atoms with E-state index in [9.17, 15) is 4.79 Å². The molecule has 0 spiro atoms. The van der Waals surface area contributed by atoms with E-state index in [4.69, 9.17) is 0 Å². The number of aldehydes is 1. The molecule has 2 aliphatic rings. The molecule has 0 fully saturated rings. The van der Waals surface area contributed by atoms with Gasteiger partial charge in [-0.2, -0.15) is 0 Å². The van der Waals surface area contributed by atoms with Crippen molar-refractivity contribution in [3.8, 4) is 0 Å². The van der Waals surface area contributed by atoms with E-state index in [1.165, 1.54) is 0 Å². The van der Waals surface area contributed by atoms with Crippen LogP contribution in [0.15, 0.2) is 52.1 Å². The van der Waals surface area contributed by atoms with Crippen molar-refractivity contribution in [1.29, 1.82) is 0 Å². The summed E-state index contributed by atoms with van der Waals surface area (Å²) in [5.74, 6) is 0.805. The van der Waals surface area contributed by atoms with Crippen LogP contribution in [0.25, 0.3) is 0 Å². The monoisotopic (exact) mass is 288 g/mol. The van der Waals surface area contributed by atoms with E-state index in [0.29, 0.717) is 0 Å². The molecule has 0 saturated heterocycles. The number of aliphatic imine (C=N–C) groups is 1. The molecule has 2 heterocycles. The van der Waals surface area contributed by atoms with E-state index in [1.54, 1.807) is 0 Å². The number of benzene rings is 1. The summed E-state index contributed by atoms with van der Waals surface area (Å²) < 4.78 is 0.957. The molecule has 0 radical (unpaired) electrons. The van der Waals surface area contributed by atoms with Crippen LogP contribution in [0.3, 0.4) is 0 Å². The van der Waals surface area contributed by atoms with E-state index >= 15 is 0 Å². The summed E-state index contributed by atoms with van der Waals surface area (Å²) in [5, 5.41) is 0. The number of fused-ring (bicyclic) bond motifs is 2. The second kappa shape index (κ2) is 3.96. The van der Waals surface area contributed by atoms with Gasteiger partial charge in [-0.3, -0.25) is 0 Å². The first-order valence-electron chi connectivity index (χ1n) is 5.26. The van der Waals surface area contributed by atoms with Crippen molar-refractivity contribution in [2.75, 3.05) is 0 Å². The lowest BCUT2D eigenvalue weighted by molar-refractivity contribution is -0.110. The molecule has 0 aromatic heterocycles. The number of allylic oxidation sites excluding steroid dienone is 2. The number of carbonyl (C=O) groups excluding carboxylic acids is 1. The first-order chi connectivity index (χ1) is 8.29. The van der Waals surface area contributed by atoms with Crippen molar-refractivity contribution in [1.82, 2.24) is 4.90 Å². The van der Waals surface area contributed by atoms with Crippen molar-refractivity contribution in [2.45, 2.75) is 6.04 Å². The summed E-state index contributed by atoms with van der Waals surface area (Å²) >= 11 is 3.42. The molecule has 0 saturated carbocycles. The number of carbonyl (C=O) groups is 1. The molecule has 3 rings (SSSR count). The predicted octanol–water partition coefficient (Wildman–Crippen LogP) is 3.12. The Hall–Kier alpha value is -1.68. The highest BCUT2D eigenvalue weighted by Gasteiger charge is 2.28. The molecular weight excluding hydrogens is 280 g/mol. The number of nitrogens with zero attached hydrogens (tertiary/aromatic N) is 2. The number of amidine groups is 1. The van der Waals surface area contributed by atoms with Crippen LogP contribution >= 0.6 is 15.9 Å². The van der Waals surface area contributed by atoms with Gasteiger partial charge in [0.05, 0.1) is 5.69 Å². The van der Waals surface area contributed by atoms with Crippen molar-refractivity contribution in [2.24, 2.45) is 4.99 Å². The zero-order valence-electron chi connectivity index (χ0n) is 8.88. The van der Waals surface area contributed by atoms with Gasteiger partial charge >= 0.3 is 0 Å². The Morgan fingerprint density at radius 1 is 1.35 bits per heavy atom. The van der Waals surface area contributed by atoms with E-state index in [-0.39, 0.29) is 6.04 Å². The van der Waals surface area contributed by atoms with Gasteiger partial charge in [-0.15, -0.1) is 0 Å². The standard InChI is InChI=1S/C13H9BrN2O/c14-9-4-5-11-10(7-9)12(8-17)16-6-2-1-3-13(16)15-11/h1-8,12H. The van der Waals surface area contributed by atoms with E-state index in [0.717, 1.165) is 27.8 Å². The van der Waals surface area contributed by atoms with Crippen LogP contribution in [0, 0.1) is 0 Å². The second-order valence-corrected chi connectivity index (χ2v) is 4.78. The second-order valence-electron chi connectivity index (χ2n) is 3.86. The van der Waals surface area contributed by atoms with E-state index in [1.807, 2.05) is 47.5 Å². The van der Waals surface area contributed by atoms with Crippen LogP contribution in [-0.2, 0) is 4.79 Å². The molecule has 3 nitrogen and oxygen atoms in total. The van der Waals surface area contributed by atoms with Crippen LogP contribution in [0.5, 0.6) is 0 Å². The zero-order chi connectivity index (χ0) is 11.8. The van der Waals surface area contributed by atoms with Crippen molar-refractivity contribution in [3.05, 3.63) is 52.7 Å². The van der Waals surface area contributed by atoms with Crippen molar-refractivity contribution >= 4 is 33.7 Å². The normalized spacial score (nSPS) is 20.6. The van der Waals surface area contributed by atoms with Gasteiger partial charge < -0.3 is 9.69 Å². The zero-order valence-corrected chi connectivity index (χ0v) is 10.5. The van der Waals surface area contributed by atoms with Crippen LogP contribution in [0.1, 0.15) is 11.6 Å². The molecular formula is C13H9BrN2O. The number of hydrogen-bond donors (Lipinski definition) is 0. The molecule has 1 unspecified atom stereocenters. The maximum absolute atomic E-state index is 11.3. The summed E-state index contributed by atoms with van der Waals surface area (Å²) in [4.78, 5) is 17.7. The van der Waals surface area contributed by atoms with E-state index in [2.05, 4.69) is 20.9 Å². The fraction of sp³-hybridized carbons (Fsp3) is 0.0769. The first kappa shape index (κ1) is 10.5. The van der Waals surface area contributed by atoms with Crippen molar-refractivity contribution < 1.29 is 4.79 Å². The van der Waals surface area contributed by atoms with Gasteiger partial charge in [-0.1, -0.05) is 22.0 Å². The third-order valence-corrected chi connectivity index (χ3v) is 3.33. The van der Waals surface area contributed by atoms with Gasteiger partial charge in [0.2, 0.25) is 0 Å². The third-order valence-electron chi connectivity index (χ3n) is 2.84. The van der Waals surface area contributed by atoms with Crippen LogP contribution in [0.4, 0.5) is 5.69 Å². The summed E-state index contributed by atoms with van der Waals surface area (Å²) in [7, 11) is 0. The highest BCUT2D eigenvalue weighted by molar-refractivity contribution is 9.10. The fourth-order valence-corrected chi connectivity index (χ4v) is 2.43. The topological polar surface area (TPSA) is 32.7 Å². The Kier molecular flexibility index (Phi) is 2.44. The summed E-state index contributed by atoms with van der Waals surface area (Å²) in [6, 6.07) is 5.51. The molecule has 1 atom stereocenters. The molecule has 0 aliphatic carbocycles. The molecule has 1 aromatic carbocycles. The number of rotatable bonds is 1. The third kappa shape index (κ3) is 1.65. The first-order valence-corrected chi connectivity index (χ1v) is 6.05. The van der Waals surface area contributed by atoms with Crippen LogP contribution in [0.2, 0.25) is 0 Å². The fourth-order valence-electron chi connectivity index (χ4n) is 2.05. The summed E-state index contributed by atoms with van der Waals surface area (Å²) in [6.07, 6.45) is 8.55. The Labute approximate surface area is 107 Å². The quantitative estimate of drug-likeness (QED) is 0.744.